The summed E-state index contributed by atoms with van der Waals surface area (Å²) in [6.45, 7) is 3.25. The third-order valence-corrected chi connectivity index (χ3v) is 4.95. The number of halogens is 3. The molecule has 27 heavy (non-hydrogen) atoms. The maximum Gasteiger partial charge on any atom is 0.414 e. The third-order valence-electron chi connectivity index (χ3n) is 4.95. The fourth-order valence-electron chi connectivity index (χ4n) is 3.52. The van der Waals surface area contributed by atoms with E-state index in [-0.39, 0.29) is 12.3 Å². The number of hydrogen-bond donors (Lipinski definition) is 2. The molecule has 3 amide bonds. The first kappa shape index (κ1) is 21.4. The van der Waals surface area contributed by atoms with Gasteiger partial charge < -0.3 is 10.4 Å². The highest BCUT2D eigenvalue weighted by molar-refractivity contribution is 6.08. The zero-order chi connectivity index (χ0) is 20.4. The summed E-state index contributed by atoms with van der Waals surface area (Å²) >= 11 is 0. The van der Waals surface area contributed by atoms with Crippen molar-refractivity contribution in [1.82, 2.24) is 10.2 Å². The summed E-state index contributed by atoms with van der Waals surface area (Å²) in [5, 5.41) is 11.3. The van der Waals surface area contributed by atoms with Gasteiger partial charge in [0.05, 0.1) is 11.8 Å². The van der Waals surface area contributed by atoms with Gasteiger partial charge in [-0.15, -0.1) is 0 Å². The molecule has 9 heteroatoms. The van der Waals surface area contributed by atoms with E-state index in [1.807, 2.05) is 26.0 Å². The number of allylic oxidation sites excluding steroid dienone is 2. The Hall–Kier alpha value is -1.90. The maximum absolute atomic E-state index is 12.7. The van der Waals surface area contributed by atoms with Crippen LogP contribution in [0.15, 0.2) is 12.2 Å². The van der Waals surface area contributed by atoms with Crippen LogP contribution in [0, 0.1) is 17.8 Å². The number of hydrogen-bond acceptors (Lipinski definition) is 4. The van der Waals surface area contributed by atoms with E-state index in [0.717, 1.165) is 4.90 Å². The highest BCUT2D eigenvalue weighted by atomic mass is 19.4. The van der Waals surface area contributed by atoms with Crippen LogP contribution in [0.3, 0.4) is 0 Å². The SMILES string of the molecule is CC(C)C[C@H](C(=O)NCC[C@@H](O)C(F)(F)F)N1C(=O)[C@H]2CC=CC[C@H]2C1=O. The Balaban J connectivity index is 2.07. The van der Waals surface area contributed by atoms with Crippen molar-refractivity contribution in [2.45, 2.75) is 57.9 Å². The normalized spacial score (nSPS) is 24.9. The average Bonchev–Trinajstić information content (AvgIpc) is 2.83. The van der Waals surface area contributed by atoms with E-state index < -0.39 is 60.8 Å². The second-order valence-corrected chi connectivity index (χ2v) is 7.48. The molecular weight excluding hydrogens is 365 g/mol. The molecule has 1 fully saturated rings. The molecule has 152 valence electrons. The predicted molar refractivity (Wildman–Crippen MR) is 90.1 cm³/mol. The molecule has 2 rings (SSSR count). The van der Waals surface area contributed by atoms with Crippen LogP contribution in [0.2, 0.25) is 0 Å². The number of amides is 3. The van der Waals surface area contributed by atoms with Crippen LogP contribution in [0.1, 0.15) is 39.5 Å². The Kier molecular flexibility index (Phi) is 6.67. The minimum atomic E-state index is -4.76. The average molecular weight is 390 g/mol. The Morgan fingerprint density at radius 1 is 1.22 bits per heavy atom. The van der Waals surface area contributed by atoms with Crippen LogP contribution in [-0.4, -0.2) is 52.6 Å². The van der Waals surface area contributed by atoms with Gasteiger partial charge in [-0.1, -0.05) is 26.0 Å². The molecule has 0 radical (unpaired) electrons. The van der Waals surface area contributed by atoms with Gasteiger partial charge in [0.2, 0.25) is 17.7 Å². The number of nitrogens with one attached hydrogen (secondary N) is 1. The van der Waals surface area contributed by atoms with Crippen LogP contribution >= 0.6 is 0 Å². The van der Waals surface area contributed by atoms with Crippen LogP contribution in [0.25, 0.3) is 0 Å². The van der Waals surface area contributed by atoms with Gasteiger partial charge in [-0.2, -0.15) is 13.2 Å². The lowest BCUT2D eigenvalue weighted by atomic mass is 9.85. The number of nitrogens with zero attached hydrogens (tertiary/aromatic N) is 1. The zero-order valence-corrected chi connectivity index (χ0v) is 15.3. The first-order chi connectivity index (χ1) is 12.5. The number of likely N-dealkylation sites (tertiary alicyclic amines) is 1. The topological polar surface area (TPSA) is 86.7 Å². The lowest BCUT2D eigenvalue weighted by molar-refractivity contribution is -0.205. The van der Waals surface area contributed by atoms with E-state index in [2.05, 4.69) is 5.32 Å². The number of carbonyl (C=O) groups is 3. The van der Waals surface area contributed by atoms with E-state index in [4.69, 9.17) is 5.11 Å². The molecule has 0 bridgehead atoms. The molecule has 1 heterocycles. The molecule has 1 aliphatic carbocycles. The largest absolute Gasteiger partial charge is 0.414 e. The summed E-state index contributed by atoms with van der Waals surface area (Å²) in [6.07, 6.45) is -3.20. The minimum absolute atomic E-state index is 0.0112. The fraction of sp³-hybridized carbons (Fsp3) is 0.722. The second-order valence-electron chi connectivity index (χ2n) is 7.48. The van der Waals surface area contributed by atoms with Gasteiger partial charge in [0.1, 0.15) is 6.04 Å². The van der Waals surface area contributed by atoms with Gasteiger partial charge in [-0.3, -0.25) is 19.3 Å². The monoisotopic (exact) mass is 390 g/mol. The number of fused-ring (bicyclic) bond motifs is 1. The van der Waals surface area contributed by atoms with Crippen LogP contribution in [0.5, 0.6) is 0 Å². The molecular formula is C18H25F3N2O4. The van der Waals surface area contributed by atoms with Gasteiger partial charge in [0, 0.05) is 6.54 Å². The van der Waals surface area contributed by atoms with Crippen LogP contribution in [0.4, 0.5) is 13.2 Å². The zero-order valence-electron chi connectivity index (χ0n) is 15.3. The molecule has 0 spiro atoms. The summed E-state index contributed by atoms with van der Waals surface area (Å²) in [4.78, 5) is 38.9. The standard InChI is InChI=1S/C18H25F3N2O4/c1-10(2)9-13(15(25)22-8-7-14(24)18(19,20)21)23-16(26)11-5-3-4-6-12(11)17(23)27/h3-4,10-14,24H,5-9H2,1-2H3,(H,22,25)/t11-,12+,13-,14-/m1/s1. The van der Waals surface area contributed by atoms with Gasteiger partial charge in [-0.05, 0) is 31.6 Å². The summed E-state index contributed by atoms with van der Waals surface area (Å²) in [7, 11) is 0. The highest BCUT2D eigenvalue weighted by Gasteiger charge is 2.51. The molecule has 4 atom stereocenters. The van der Waals surface area contributed by atoms with Crippen LogP contribution < -0.4 is 5.32 Å². The molecule has 0 saturated carbocycles. The Labute approximate surface area is 155 Å². The molecule has 0 aromatic heterocycles. The Morgan fingerprint density at radius 2 is 1.74 bits per heavy atom. The van der Waals surface area contributed by atoms with Crippen molar-refractivity contribution in [2.75, 3.05) is 6.54 Å². The second kappa shape index (κ2) is 8.41. The number of rotatable bonds is 7. The van der Waals surface area contributed by atoms with E-state index in [9.17, 15) is 27.6 Å². The van der Waals surface area contributed by atoms with Gasteiger partial charge in [0.15, 0.2) is 6.10 Å². The van der Waals surface area contributed by atoms with E-state index in [1.165, 1.54) is 0 Å². The molecule has 0 unspecified atom stereocenters. The molecule has 1 saturated heterocycles. The number of aliphatic hydroxyl groups excluding tert-OH is 1. The molecule has 1 aliphatic heterocycles. The van der Waals surface area contributed by atoms with E-state index >= 15 is 0 Å². The molecule has 2 N–H and O–H groups in total. The van der Waals surface area contributed by atoms with Crippen molar-refractivity contribution in [2.24, 2.45) is 17.8 Å². The quantitative estimate of drug-likeness (QED) is 0.513. The van der Waals surface area contributed by atoms with Crippen LogP contribution in [-0.2, 0) is 14.4 Å². The molecule has 0 aromatic rings. The van der Waals surface area contributed by atoms with Crippen molar-refractivity contribution < 1.29 is 32.7 Å². The Morgan fingerprint density at radius 3 is 2.19 bits per heavy atom. The van der Waals surface area contributed by atoms with Crippen molar-refractivity contribution in [1.29, 1.82) is 0 Å². The van der Waals surface area contributed by atoms with E-state index in [0.29, 0.717) is 12.8 Å². The van der Waals surface area contributed by atoms with E-state index in [1.54, 1.807) is 0 Å². The number of alkyl halides is 3. The number of carbonyl (C=O) groups excluding carboxylic acids is 3. The van der Waals surface area contributed by atoms with Crippen molar-refractivity contribution in [3.05, 3.63) is 12.2 Å². The minimum Gasteiger partial charge on any atom is -0.384 e. The van der Waals surface area contributed by atoms with Gasteiger partial charge in [0.25, 0.3) is 0 Å². The summed E-state index contributed by atoms with van der Waals surface area (Å²) < 4.78 is 37.1. The van der Waals surface area contributed by atoms with Gasteiger partial charge in [-0.25, -0.2) is 0 Å². The third kappa shape index (κ3) is 4.88. The highest BCUT2D eigenvalue weighted by Crippen LogP contribution is 2.37. The predicted octanol–water partition coefficient (Wildman–Crippen LogP) is 1.78. The fourth-order valence-corrected chi connectivity index (χ4v) is 3.52. The first-order valence-electron chi connectivity index (χ1n) is 9.08. The lowest BCUT2D eigenvalue weighted by Gasteiger charge is -2.27. The van der Waals surface area contributed by atoms with Crippen molar-refractivity contribution in [3.8, 4) is 0 Å². The van der Waals surface area contributed by atoms with Crippen molar-refractivity contribution in [3.63, 3.8) is 0 Å². The summed E-state index contributed by atoms with van der Waals surface area (Å²) in [5.41, 5.74) is 0. The number of aliphatic hydroxyl groups is 1. The van der Waals surface area contributed by atoms with Gasteiger partial charge >= 0.3 is 6.18 Å². The first-order valence-corrected chi connectivity index (χ1v) is 9.08. The molecule has 2 aliphatic rings. The summed E-state index contributed by atoms with van der Waals surface area (Å²) in [6, 6.07) is -1.06. The smallest absolute Gasteiger partial charge is 0.384 e. The molecule has 6 nitrogen and oxygen atoms in total. The number of imide groups is 1. The van der Waals surface area contributed by atoms with Crippen molar-refractivity contribution >= 4 is 17.7 Å². The lowest BCUT2D eigenvalue weighted by Crippen LogP contribution is -2.51. The Bertz CT molecular complexity index is 592. The molecule has 0 aromatic carbocycles. The summed E-state index contributed by atoms with van der Waals surface area (Å²) in [5.74, 6) is -2.43. The maximum atomic E-state index is 12.7.